The van der Waals surface area contributed by atoms with Gasteiger partial charge in [-0.25, -0.2) is 0 Å². The van der Waals surface area contributed by atoms with E-state index in [1.807, 2.05) is 36.6 Å². The SMILES string of the molecule is CCCCOc1ccc(C(=O)C=CNc2cccc(SC)c2)cc1. The Morgan fingerprint density at radius 1 is 1.21 bits per heavy atom. The Hall–Kier alpha value is -2.20. The summed E-state index contributed by atoms with van der Waals surface area (Å²) in [6.45, 7) is 2.84. The molecule has 0 amide bonds. The summed E-state index contributed by atoms with van der Waals surface area (Å²) in [5.41, 5.74) is 1.61. The highest BCUT2D eigenvalue weighted by Crippen LogP contribution is 2.19. The number of hydrogen-bond donors (Lipinski definition) is 1. The second-order valence-corrected chi connectivity index (χ2v) is 6.18. The third-order valence-electron chi connectivity index (χ3n) is 3.46. The van der Waals surface area contributed by atoms with Crippen LogP contribution in [0.4, 0.5) is 5.69 Å². The van der Waals surface area contributed by atoms with Crippen molar-refractivity contribution < 1.29 is 9.53 Å². The van der Waals surface area contributed by atoms with Crippen LogP contribution in [0.5, 0.6) is 5.75 Å². The van der Waals surface area contributed by atoms with Gasteiger partial charge < -0.3 is 10.1 Å². The zero-order valence-corrected chi connectivity index (χ0v) is 14.9. The number of hydrogen-bond acceptors (Lipinski definition) is 4. The van der Waals surface area contributed by atoms with Crippen molar-refractivity contribution in [1.82, 2.24) is 0 Å². The molecule has 2 aromatic rings. The molecule has 2 rings (SSSR count). The van der Waals surface area contributed by atoms with Gasteiger partial charge in [0.05, 0.1) is 6.61 Å². The molecule has 0 aliphatic rings. The molecule has 4 heteroatoms. The van der Waals surface area contributed by atoms with E-state index in [1.54, 1.807) is 36.2 Å². The number of carbonyl (C=O) groups excluding carboxylic acids is 1. The average Bonchev–Trinajstić information content (AvgIpc) is 2.62. The van der Waals surface area contributed by atoms with Crippen molar-refractivity contribution in [2.75, 3.05) is 18.2 Å². The minimum atomic E-state index is -0.0383. The van der Waals surface area contributed by atoms with Crippen molar-refractivity contribution in [2.45, 2.75) is 24.7 Å². The summed E-state index contributed by atoms with van der Waals surface area (Å²) in [6.07, 6.45) is 7.39. The topological polar surface area (TPSA) is 38.3 Å². The van der Waals surface area contributed by atoms with Crippen molar-refractivity contribution in [1.29, 1.82) is 0 Å². The third-order valence-corrected chi connectivity index (χ3v) is 4.19. The Labute approximate surface area is 148 Å². The largest absolute Gasteiger partial charge is 0.494 e. The highest BCUT2D eigenvalue weighted by molar-refractivity contribution is 7.98. The maximum absolute atomic E-state index is 12.2. The fraction of sp³-hybridized carbons (Fsp3) is 0.250. The molecule has 0 heterocycles. The highest BCUT2D eigenvalue weighted by atomic mass is 32.2. The lowest BCUT2D eigenvalue weighted by Gasteiger charge is -2.05. The monoisotopic (exact) mass is 341 g/mol. The summed E-state index contributed by atoms with van der Waals surface area (Å²) in [4.78, 5) is 13.3. The van der Waals surface area contributed by atoms with Crippen LogP contribution in [0.25, 0.3) is 0 Å². The smallest absolute Gasteiger partial charge is 0.187 e. The van der Waals surface area contributed by atoms with Crippen molar-refractivity contribution in [3.8, 4) is 5.75 Å². The van der Waals surface area contributed by atoms with Gasteiger partial charge in [-0.05, 0) is 55.1 Å². The summed E-state index contributed by atoms with van der Waals surface area (Å²) in [7, 11) is 0. The lowest BCUT2D eigenvalue weighted by molar-refractivity contribution is 0.104. The van der Waals surface area contributed by atoms with E-state index in [4.69, 9.17) is 4.74 Å². The maximum Gasteiger partial charge on any atom is 0.187 e. The fourth-order valence-electron chi connectivity index (χ4n) is 2.07. The highest BCUT2D eigenvalue weighted by Gasteiger charge is 2.02. The molecule has 0 atom stereocenters. The molecular weight excluding hydrogens is 318 g/mol. The van der Waals surface area contributed by atoms with E-state index in [2.05, 4.69) is 18.3 Å². The summed E-state index contributed by atoms with van der Waals surface area (Å²) in [5, 5.41) is 3.13. The first-order valence-corrected chi connectivity index (χ1v) is 9.29. The second-order valence-electron chi connectivity index (χ2n) is 5.30. The van der Waals surface area contributed by atoms with E-state index in [9.17, 15) is 4.79 Å². The van der Waals surface area contributed by atoms with E-state index < -0.39 is 0 Å². The van der Waals surface area contributed by atoms with Gasteiger partial charge in [0.2, 0.25) is 0 Å². The van der Waals surface area contributed by atoms with Gasteiger partial charge in [0, 0.05) is 28.4 Å². The quantitative estimate of drug-likeness (QED) is 0.287. The first kappa shape index (κ1) is 18.1. The predicted octanol–water partition coefficient (Wildman–Crippen LogP) is 5.40. The molecular formula is C20H23NO2S. The van der Waals surface area contributed by atoms with Crippen molar-refractivity contribution in [3.05, 3.63) is 66.4 Å². The third kappa shape index (κ3) is 5.78. The van der Waals surface area contributed by atoms with Crippen LogP contribution in [0.1, 0.15) is 30.1 Å². The number of ether oxygens (including phenoxy) is 1. The molecule has 24 heavy (non-hydrogen) atoms. The van der Waals surface area contributed by atoms with Crippen molar-refractivity contribution in [2.24, 2.45) is 0 Å². The standard InChI is InChI=1S/C20H23NO2S/c1-3-4-14-23-18-10-8-16(9-11-18)20(22)12-13-21-17-6-5-7-19(15-17)24-2/h5-13,15,21H,3-4,14H2,1-2H3. The van der Waals surface area contributed by atoms with Gasteiger partial charge in [-0.15, -0.1) is 11.8 Å². The summed E-state index contributed by atoms with van der Waals surface area (Å²) in [5.74, 6) is 0.764. The summed E-state index contributed by atoms with van der Waals surface area (Å²) >= 11 is 1.68. The molecule has 0 saturated heterocycles. The van der Waals surface area contributed by atoms with Crippen molar-refractivity contribution >= 4 is 23.2 Å². The van der Waals surface area contributed by atoms with Gasteiger partial charge in [0.25, 0.3) is 0 Å². The lowest BCUT2D eigenvalue weighted by atomic mass is 10.1. The Balaban J connectivity index is 1.89. The van der Waals surface area contributed by atoms with E-state index >= 15 is 0 Å². The van der Waals surface area contributed by atoms with Gasteiger partial charge in [0.1, 0.15) is 5.75 Å². The first-order chi connectivity index (χ1) is 11.7. The fourth-order valence-corrected chi connectivity index (χ4v) is 2.53. The average molecular weight is 341 g/mol. The molecule has 3 nitrogen and oxygen atoms in total. The number of thioether (sulfide) groups is 1. The number of benzene rings is 2. The minimum absolute atomic E-state index is 0.0383. The molecule has 2 aromatic carbocycles. The molecule has 0 bridgehead atoms. The molecule has 0 aromatic heterocycles. The Morgan fingerprint density at radius 2 is 2.00 bits per heavy atom. The number of ketones is 1. The number of anilines is 1. The molecule has 0 aliphatic heterocycles. The molecule has 126 valence electrons. The molecule has 0 unspecified atom stereocenters. The minimum Gasteiger partial charge on any atom is -0.494 e. The number of unbranched alkanes of at least 4 members (excludes halogenated alkanes) is 1. The zero-order valence-electron chi connectivity index (χ0n) is 14.1. The Kier molecular flexibility index (Phi) is 7.43. The lowest BCUT2D eigenvalue weighted by Crippen LogP contribution is -1.99. The predicted molar refractivity (Wildman–Crippen MR) is 102 cm³/mol. The van der Waals surface area contributed by atoms with Crippen LogP contribution in [0.3, 0.4) is 0 Å². The van der Waals surface area contributed by atoms with E-state index in [-0.39, 0.29) is 5.78 Å². The first-order valence-electron chi connectivity index (χ1n) is 8.07. The van der Waals surface area contributed by atoms with Crippen LogP contribution in [-0.2, 0) is 0 Å². The van der Waals surface area contributed by atoms with Gasteiger partial charge in [-0.3, -0.25) is 4.79 Å². The van der Waals surface area contributed by atoms with Crippen LogP contribution in [0.15, 0.2) is 65.7 Å². The molecule has 0 spiro atoms. The van der Waals surface area contributed by atoms with Gasteiger partial charge in [-0.1, -0.05) is 19.4 Å². The molecule has 1 N–H and O–H groups in total. The number of carbonyl (C=O) groups is 1. The molecule has 0 fully saturated rings. The van der Waals surface area contributed by atoms with Crippen LogP contribution < -0.4 is 10.1 Å². The maximum atomic E-state index is 12.2. The number of nitrogens with one attached hydrogen (secondary N) is 1. The molecule has 0 aliphatic carbocycles. The number of allylic oxidation sites excluding steroid dienone is 1. The van der Waals surface area contributed by atoms with E-state index in [0.717, 1.165) is 24.3 Å². The zero-order chi connectivity index (χ0) is 17.2. The normalized spacial score (nSPS) is 10.8. The van der Waals surface area contributed by atoms with Crippen LogP contribution in [0, 0.1) is 0 Å². The summed E-state index contributed by atoms with van der Waals surface area (Å²) < 4.78 is 5.60. The van der Waals surface area contributed by atoms with E-state index in [0.29, 0.717) is 12.2 Å². The summed E-state index contributed by atoms with van der Waals surface area (Å²) in [6, 6.07) is 15.3. The number of rotatable bonds is 9. The Morgan fingerprint density at radius 3 is 2.71 bits per heavy atom. The van der Waals surface area contributed by atoms with Crippen molar-refractivity contribution in [3.63, 3.8) is 0 Å². The van der Waals surface area contributed by atoms with Crippen LogP contribution in [-0.4, -0.2) is 18.6 Å². The Bertz CT molecular complexity index is 680. The van der Waals surface area contributed by atoms with Gasteiger partial charge >= 0.3 is 0 Å². The van der Waals surface area contributed by atoms with Gasteiger partial charge in [0.15, 0.2) is 5.78 Å². The second kappa shape index (κ2) is 9.83. The molecule has 0 saturated carbocycles. The van der Waals surface area contributed by atoms with E-state index in [1.165, 1.54) is 4.90 Å². The van der Waals surface area contributed by atoms with Crippen LogP contribution in [0.2, 0.25) is 0 Å². The van der Waals surface area contributed by atoms with Crippen LogP contribution >= 0.6 is 11.8 Å². The molecule has 0 radical (unpaired) electrons. The van der Waals surface area contributed by atoms with Gasteiger partial charge in [-0.2, -0.15) is 0 Å².